The van der Waals surface area contributed by atoms with E-state index in [9.17, 15) is 13.6 Å². The van der Waals surface area contributed by atoms with Gasteiger partial charge in [0.15, 0.2) is 0 Å². The van der Waals surface area contributed by atoms with Crippen LogP contribution in [-0.2, 0) is 0 Å². The average molecular weight is 250 g/mol. The highest BCUT2D eigenvalue weighted by Crippen LogP contribution is 2.30. The molecule has 0 aromatic heterocycles. The first kappa shape index (κ1) is 11.8. The summed E-state index contributed by atoms with van der Waals surface area (Å²) < 4.78 is 26.5. The van der Waals surface area contributed by atoms with Gasteiger partial charge in [-0.25, -0.2) is 8.78 Å². The predicted molar refractivity (Wildman–Crippen MR) is 62.3 cm³/mol. The standard InChI is InChI=1S/C13H8F2OS/c14-10-2-1-3-11(7-10)17-13-5-4-9(8-16)6-12(13)15/h1-8H. The van der Waals surface area contributed by atoms with E-state index >= 15 is 0 Å². The molecule has 0 saturated carbocycles. The molecule has 0 aliphatic carbocycles. The third-order valence-electron chi connectivity index (χ3n) is 2.12. The fraction of sp³-hybridized carbons (Fsp3) is 0. The van der Waals surface area contributed by atoms with E-state index in [0.29, 0.717) is 16.1 Å². The van der Waals surface area contributed by atoms with Crippen molar-refractivity contribution < 1.29 is 13.6 Å². The minimum atomic E-state index is -0.483. The Bertz CT molecular complexity index is 555. The summed E-state index contributed by atoms with van der Waals surface area (Å²) in [7, 11) is 0. The predicted octanol–water partition coefficient (Wildman–Crippen LogP) is 3.93. The normalized spacial score (nSPS) is 10.2. The lowest BCUT2D eigenvalue weighted by Gasteiger charge is -2.03. The lowest BCUT2D eigenvalue weighted by atomic mass is 10.2. The molecule has 0 heterocycles. The van der Waals surface area contributed by atoms with Crippen LogP contribution in [0.5, 0.6) is 0 Å². The molecule has 1 nitrogen and oxygen atoms in total. The molecule has 4 heteroatoms. The van der Waals surface area contributed by atoms with E-state index in [1.165, 1.54) is 24.3 Å². The summed E-state index contributed by atoms with van der Waals surface area (Å²) in [5, 5.41) is 0. The second kappa shape index (κ2) is 5.10. The SMILES string of the molecule is O=Cc1ccc(Sc2cccc(F)c2)c(F)c1. The summed E-state index contributed by atoms with van der Waals surface area (Å²) in [4.78, 5) is 11.4. The van der Waals surface area contributed by atoms with E-state index in [2.05, 4.69) is 0 Å². The summed E-state index contributed by atoms with van der Waals surface area (Å²) >= 11 is 1.12. The molecule has 0 fully saturated rings. The average Bonchev–Trinajstić information content (AvgIpc) is 2.32. The molecule has 2 rings (SSSR count). The first-order chi connectivity index (χ1) is 8.19. The molecule has 0 saturated heterocycles. The fourth-order valence-electron chi connectivity index (χ4n) is 1.33. The molecule has 0 spiro atoms. The van der Waals surface area contributed by atoms with Crippen LogP contribution >= 0.6 is 11.8 Å². The number of carbonyl (C=O) groups excluding carboxylic acids is 1. The van der Waals surface area contributed by atoms with Crippen LogP contribution in [-0.4, -0.2) is 6.29 Å². The van der Waals surface area contributed by atoms with E-state index in [1.54, 1.807) is 12.1 Å². The van der Waals surface area contributed by atoms with Gasteiger partial charge in [0, 0.05) is 15.4 Å². The maximum atomic E-state index is 13.5. The van der Waals surface area contributed by atoms with Gasteiger partial charge in [0.25, 0.3) is 0 Å². The van der Waals surface area contributed by atoms with Crippen LogP contribution in [0.4, 0.5) is 8.78 Å². The molecular weight excluding hydrogens is 242 g/mol. The van der Waals surface area contributed by atoms with Crippen molar-refractivity contribution in [3.8, 4) is 0 Å². The van der Waals surface area contributed by atoms with Crippen LogP contribution in [0.3, 0.4) is 0 Å². The maximum absolute atomic E-state index is 13.5. The number of carbonyl (C=O) groups is 1. The van der Waals surface area contributed by atoms with E-state index in [4.69, 9.17) is 0 Å². The van der Waals surface area contributed by atoms with Gasteiger partial charge in [-0.15, -0.1) is 0 Å². The number of aldehydes is 1. The third-order valence-corrected chi connectivity index (χ3v) is 3.16. The topological polar surface area (TPSA) is 17.1 Å². The largest absolute Gasteiger partial charge is 0.298 e. The molecule has 2 aromatic carbocycles. The second-order valence-electron chi connectivity index (χ2n) is 3.37. The van der Waals surface area contributed by atoms with Gasteiger partial charge in [0.05, 0.1) is 0 Å². The zero-order valence-electron chi connectivity index (χ0n) is 8.69. The molecule has 2 aromatic rings. The summed E-state index contributed by atoms with van der Waals surface area (Å²) in [6.45, 7) is 0. The van der Waals surface area contributed by atoms with Crippen molar-refractivity contribution in [1.29, 1.82) is 0 Å². The van der Waals surface area contributed by atoms with Gasteiger partial charge in [-0.05, 0) is 30.3 Å². The van der Waals surface area contributed by atoms with Crippen LogP contribution in [0.25, 0.3) is 0 Å². The number of hydrogen-bond donors (Lipinski definition) is 0. The Hall–Kier alpha value is -1.68. The lowest BCUT2D eigenvalue weighted by molar-refractivity contribution is 0.112. The molecule has 0 aliphatic rings. The van der Waals surface area contributed by atoms with Gasteiger partial charge in [-0.1, -0.05) is 23.9 Å². The zero-order chi connectivity index (χ0) is 12.3. The Balaban J connectivity index is 2.27. The van der Waals surface area contributed by atoms with E-state index in [1.807, 2.05) is 0 Å². The Morgan fingerprint density at radius 2 is 1.88 bits per heavy atom. The van der Waals surface area contributed by atoms with E-state index in [0.717, 1.165) is 17.8 Å². The molecule has 0 radical (unpaired) electrons. The summed E-state index contributed by atoms with van der Waals surface area (Å²) in [5.41, 5.74) is 0.283. The summed E-state index contributed by atoms with van der Waals surface area (Å²) in [6, 6.07) is 10.1. The summed E-state index contributed by atoms with van der Waals surface area (Å²) in [6.07, 6.45) is 0.583. The fourth-order valence-corrected chi connectivity index (χ4v) is 2.20. The first-order valence-corrected chi connectivity index (χ1v) is 5.69. The van der Waals surface area contributed by atoms with Crippen molar-refractivity contribution in [3.05, 3.63) is 59.7 Å². The van der Waals surface area contributed by atoms with Crippen molar-refractivity contribution in [1.82, 2.24) is 0 Å². The Kier molecular flexibility index (Phi) is 3.54. The monoisotopic (exact) mass is 250 g/mol. The van der Waals surface area contributed by atoms with Crippen LogP contribution < -0.4 is 0 Å². The Morgan fingerprint density at radius 1 is 1.06 bits per heavy atom. The number of hydrogen-bond acceptors (Lipinski definition) is 2. The van der Waals surface area contributed by atoms with E-state index < -0.39 is 5.82 Å². The van der Waals surface area contributed by atoms with Crippen molar-refractivity contribution in [2.75, 3.05) is 0 Å². The first-order valence-electron chi connectivity index (χ1n) is 4.87. The minimum absolute atomic E-state index is 0.283. The van der Waals surface area contributed by atoms with Gasteiger partial charge < -0.3 is 0 Å². The summed E-state index contributed by atoms with van der Waals surface area (Å²) in [5.74, 6) is -0.844. The molecule has 0 atom stereocenters. The minimum Gasteiger partial charge on any atom is -0.298 e. The molecule has 86 valence electrons. The van der Waals surface area contributed by atoms with E-state index in [-0.39, 0.29) is 11.4 Å². The highest BCUT2D eigenvalue weighted by atomic mass is 32.2. The Labute approximate surface area is 101 Å². The molecule has 17 heavy (non-hydrogen) atoms. The third kappa shape index (κ3) is 2.91. The molecule has 0 unspecified atom stereocenters. The quantitative estimate of drug-likeness (QED) is 0.768. The van der Waals surface area contributed by atoms with Crippen LogP contribution in [0.2, 0.25) is 0 Å². The molecule has 0 amide bonds. The maximum Gasteiger partial charge on any atom is 0.150 e. The Morgan fingerprint density at radius 3 is 2.53 bits per heavy atom. The highest BCUT2D eigenvalue weighted by Gasteiger charge is 2.05. The smallest absolute Gasteiger partial charge is 0.150 e. The van der Waals surface area contributed by atoms with Crippen molar-refractivity contribution in [3.63, 3.8) is 0 Å². The molecule has 0 aliphatic heterocycles. The highest BCUT2D eigenvalue weighted by molar-refractivity contribution is 7.99. The van der Waals surface area contributed by atoms with Gasteiger partial charge >= 0.3 is 0 Å². The lowest BCUT2D eigenvalue weighted by Crippen LogP contribution is -1.86. The number of halogens is 2. The van der Waals surface area contributed by atoms with Crippen LogP contribution in [0, 0.1) is 11.6 Å². The van der Waals surface area contributed by atoms with Gasteiger partial charge in [0.1, 0.15) is 17.9 Å². The number of rotatable bonds is 3. The number of benzene rings is 2. The van der Waals surface area contributed by atoms with Crippen molar-refractivity contribution in [2.24, 2.45) is 0 Å². The molecule has 0 bridgehead atoms. The van der Waals surface area contributed by atoms with Crippen LogP contribution in [0.1, 0.15) is 10.4 Å². The van der Waals surface area contributed by atoms with Crippen LogP contribution in [0.15, 0.2) is 52.3 Å². The zero-order valence-corrected chi connectivity index (χ0v) is 9.51. The molecule has 0 N–H and O–H groups in total. The van der Waals surface area contributed by atoms with Gasteiger partial charge in [-0.3, -0.25) is 4.79 Å². The molecular formula is C13H8F2OS. The van der Waals surface area contributed by atoms with Gasteiger partial charge in [0.2, 0.25) is 0 Å². The van der Waals surface area contributed by atoms with Crippen molar-refractivity contribution >= 4 is 18.0 Å². The van der Waals surface area contributed by atoms with Gasteiger partial charge in [-0.2, -0.15) is 0 Å². The van der Waals surface area contributed by atoms with Crippen molar-refractivity contribution in [2.45, 2.75) is 9.79 Å². The second-order valence-corrected chi connectivity index (χ2v) is 4.48.